The fourth-order valence-electron chi connectivity index (χ4n) is 4.97. The summed E-state index contributed by atoms with van der Waals surface area (Å²) >= 11 is 0. The summed E-state index contributed by atoms with van der Waals surface area (Å²) < 4.78 is 22.5. The molecule has 1 aromatic rings. The molecule has 1 aromatic carbocycles. The highest BCUT2D eigenvalue weighted by Crippen LogP contribution is 2.58. The summed E-state index contributed by atoms with van der Waals surface area (Å²) in [6.07, 6.45) is 3.29. The molecule has 0 spiro atoms. The lowest BCUT2D eigenvalue weighted by Crippen LogP contribution is -2.50. The van der Waals surface area contributed by atoms with E-state index >= 15 is 0 Å². The third kappa shape index (κ3) is 3.25. The molecule has 5 atom stereocenters. The Kier molecular flexibility index (Phi) is 5.85. The maximum atomic E-state index is 13.4. The van der Waals surface area contributed by atoms with Crippen LogP contribution in [-0.4, -0.2) is 44.8 Å². The van der Waals surface area contributed by atoms with Crippen LogP contribution in [0.5, 0.6) is 11.5 Å². The van der Waals surface area contributed by atoms with Crippen molar-refractivity contribution in [1.29, 1.82) is 0 Å². The molecule has 6 heteroatoms. The number of ketones is 1. The molecule has 0 saturated heterocycles. The molecule has 29 heavy (non-hydrogen) atoms. The standard InChI is InChI=1S/C23H28O6/c1-7-8-16-12-23(28-6)13(2)19(20(21(16)25)22(23)29-14(3)24)15-9-10-17(26-4)18(11-15)27-5/h7,9-13,19-20,22H,1,8H2,2-6H3/t13-,19+,20-,22+,23+/m1/s1. The Morgan fingerprint density at radius 2 is 1.86 bits per heavy atom. The second kappa shape index (κ2) is 8.03. The fourth-order valence-corrected chi connectivity index (χ4v) is 4.97. The molecule has 0 radical (unpaired) electrons. The zero-order valence-electron chi connectivity index (χ0n) is 17.6. The van der Waals surface area contributed by atoms with Crippen LogP contribution in [-0.2, 0) is 19.1 Å². The number of fused-ring (bicyclic) bond motifs is 2. The molecule has 0 heterocycles. The first-order chi connectivity index (χ1) is 13.8. The van der Waals surface area contributed by atoms with Gasteiger partial charge in [0.05, 0.1) is 20.1 Å². The average Bonchev–Trinajstić information content (AvgIpc) is 2.88. The molecular formula is C23H28O6. The topological polar surface area (TPSA) is 71.1 Å². The van der Waals surface area contributed by atoms with E-state index in [2.05, 4.69) is 6.58 Å². The molecule has 0 amide bonds. The Morgan fingerprint density at radius 1 is 1.17 bits per heavy atom. The van der Waals surface area contributed by atoms with Crippen molar-refractivity contribution >= 4 is 11.8 Å². The lowest BCUT2D eigenvalue weighted by molar-refractivity contribution is -0.166. The highest BCUT2D eigenvalue weighted by Gasteiger charge is 2.65. The molecule has 1 saturated carbocycles. The number of hydrogen-bond donors (Lipinski definition) is 0. The molecular weight excluding hydrogens is 372 g/mol. The van der Waals surface area contributed by atoms with Crippen LogP contribution in [0.3, 0.4) is 0 Å². The van der Waals surface area contributed by atoms with E-state index < -0.39 is 23.6 Å². The van der Waals surface area contributed by atoms with Crippen LogP contribution >= 0.6 is 0 Å². The van der Waals surface area contributed by atoms with Gasteiger partial charge in [0.2, 0.25) is 0 Å². The summed E-state index contributed by atoms with van der Waals surface area (Å²) in [5.74, 6) is -0.160. The van der Waals surface area contributed by atoms with Crippen molar-refractivity contribution in [2.45, 2.75) is 37.9 Å². The van der Waals surface area contributed by atoms with Gasteiger partial charge in [-0.25, -0.2) is 0 Å². The van der Waals surface area contributed by atoms with Gasteiger partial charge in [-0.15, -0.1) is 6.58 Å². The Morgan fingerprint density at radius 3 is 2.41 bits per heavy atom. The van der Waals surface area contributed by atoms with Gasteiger partial charge in [-0.05, 0) is 35.8 Å². The Hall–Kier alpha value is -2.60. The van der Waals surface area contributed by atoms with Gasteiger partial charge in [-0.2, -0.15) is 0 Å². The number of Topliss-reactive ketones (excluding diaryl/α,β-unsaturated/α-hetero) is 1. The predicted molar refractivity (Wildman–Crippen MR) is 108 cm³/mol. The number of carbonyl (C=O) groups excluding carboxylic acids is 2. The number of ether oxygens (including phenoxy) is 4. The summed E-state index contributed by atoms with van der Waals surface area (Å²) in [4.78, 5) is 25.3. The maximum absolute atomic E-state index is 13.4. The van der Waals surface area contributed by atoms with Crippen LogP contribution in [0.15, 0.2) is 42.5 Å². The van der Waals surface area contributed by atoms with Gasteiger partial charge in [0.25, 0.3) is 0 Å². The van der Waals surface area contributed by atoms with E-state index in [9.17, 15) is 9.59 Å². The minimum atomic E-state index is -0.888. The Bertz CT molecular complexity index is 857. The zero-order valence-corrected chi connectivity index (χ0v) is 17.6. The van der Waals surface area contributed by atoms with E-state index in [-0.39, 0.29) is 17.6 Å². The first-order valence-electron chi connectivity index (χ1n) is 9.65. The van der Waals surface area contributed by atoms with Gasteiger partial charge in [-0.1, -0.05) is 19.1 Å². The molecule has 156 valence electrons. The molecule has 0 N–H and O–H groups in total. The molecule has 2 bridgehead atoms. The summed E-state index contributed by atoms with van der Waals surface area (Å²) in [6, 6.07) is 5.64. The summed E-state index contributed by atoms with van der Waals surface area (Å²) in [6.45, 7) is 7.15. The smallest absolute Gasteiger partial charge is 0.303 e. The zero-order chi connectivity index (χ0) is 21.3. The third-order valence-electron chi connectivity index (χ3n) is 6.23. The minimum absolute atomic E-state index is 0.0343. The first-order valence-corrected chi connectivity index (χ1v) is 9.65. The van der Waals surface area contributed by atoms with E-state index in [1.807, 2.05) is 31.2 Å². The second-order valence-corrected chi connectivity index (χ2v) is 7.57. The van der Waals surface area contributed by atoms with Gasteiger partial charge in [-0.3, -0.25) is 9.59 Å². The average molecular weight is 400 g/mol. The summed E-state index contributed by atoms with van der Waals surface area (Å²) in [7, 11) is 4.75. The largest absolute Gasteiger partial charge is 0.493 e. The predicted octanol–water partition coefficient (Wildman–Crippen LogP) is 3.46. The summed E-state index contributed by atoms with van der Waals surface area (Å²) in [5.41, 5.74) is 0.670. The van der Waals surface area contributed by atoms with E-state index in [1.165, 1.54) is 6.92 Å². The van der Waals surface area contributed by atoms with E-state index in [0.29, 0.717) is 23.5 Å². The lowest BCUT2D eigenvalue weighted by atomic mass is 9.78. The molecule has 2 aliphatic carbocycles. The number of benzene rings is 1. The summed E-state index contributed by atoms with van der Waals surface area (Å²) in [5, 5.41) is 0. The molecule has 6 nitrogen and oxygen atoms in total. The quantitative estimate of drug-likeness (QED) is 0.516. The fraction of sp³-hybridized carbons (Fsp3) is 0.478. The van der Waals surface area contributed by atoms with Gasteiger partial charge in [0, 0.05) is 25.9 Å². The highest BCUT2D eigenvalue weighted by molar-refractivity contribution is 6.01. The van der Waals surface area contributed by atoms with E-state index in [0.717, 1.165) is 5.56 Å². The molecule has 0 aliphatic heterocycles. The molecule has 3 rings (SSSR count). The number of esters is 1. The van der Waals surface area contributed by atoms with Crippen molar-refractivity contribution in [3.8, 4) is 11.5 Å². The molecule has 1 fully saturated rings. The Balaban J connectivity index is 2.17. The van der Waals surface area contributed by atoms with Crippen molar-refractivity contribution in [2.75, 3.05) is 21.3 Å². The van der Waals surface area contributed by atoms with Gasteiger partial charge in [0.15, 0.2) is 17.3 Å². The first kappa shape index (κ1) is 21.1. The maximum Gasteiger partial charge on any atom is 0.303 e. The van der Waals surface area contributed by atoms with Crippen molar-refractivity contribution in [3.05, 3.63) is 48.1 Å². The normalized spacial score (nSPS) is 30.5. The second-order valence-electron chi connectivity index (χ2n) is 7.57. The number of allylic oxidation sites excluding steroid dienone is 2. The highest BCUT2D eigenvalue weighted by atomic mass is 16.6. The van der Waals surface area contributed by atoms with Crippen LogP contribution < -0.4 is 9.47 Å². The molecule has 0 unspecified atom stereocenters. The number of carbonyl (C=O) groups is 2. The van der Waals surface area contributed by atoms with E-state index in [4.69, 9.17) is 18.9 Å². The lowest BCUT2D eigenvalue weighted by Gasteiger charge is -2.38. The number of hydrogen-bond acceptors (Lipinski definition) is 6. The SMILES string of the molecule is C=CCC1=C[C@]2(OC)[C@H](C)[C@@H](c3ccc(OC)c(OC)c3)[C@H](C1=O)[C@@H]2OC(C)=O. The minimum Gasteiger partial charge on any atom is -0.493 e. The van der Waals surface area contributed by atoms with Crippen LogP contribution in [0.1, 0.15) is 31.7 Å². The van der Waals surface area contributed by atoms with Crippen LogP contribution in [0.25, 0.3) is 0 Å². The van der Waals surface area contributed by atoms with Gasteiger partial charge < -0.3 is 18.9 Å². The molecule has 2 aliphatic rings. The third-order valence-corrected chi connectivity index (χ3v) is 6.23. The number of methoxy groups -OCH3 is 3. The van der Waals surface area contributed by atoms with Crippen molar-refractivity contribution < 1.29 is 28.5 Å². The monoisotopic (exact) mass is 400 g/mol. The van der Waals surface area contributed by atoms with Crippen molar-refractivity contribution in [2.24, 2.45) is 11.8 Å². The van der Waals surface area contributed by atoms with Crippen LogP contribution in [0, 0.1) is 11.8 Å². The van der Waals surface area contributed by atoms with Crippen LogP contribution in [0.2, 0.25) is 0 Å². The van der Waals surface area contributed by atoms with E-state index in [1.54, 1.807) is 27.4 Å². The number of rotatable bonds is 7. The van der Waals surface area contributed by atoms with Crippen LogP contribution in [0.4, 0.5) is 0 Å². The van der Waals surface area contributed by atoms with Crippen molar-refractivity contribution in [3.63, 3.8) is 0 Å². The van der Waals surface area contributed by atoms with Gasteiger partial charge in [0.1, 0.15) is 11.7 Å². The Labute approximate surface area is 171 Å². The molecule has 0 aromatic heterocycles. The van der Waals surface area contributed by atoms with Crippen molar-refractivity contribution in [1.82, 2.24) is 0 Å². The van der Waals surface area contributed by atoms with Gasteiger partial charge >= 0.3 is 5.97 Å².